The average Bonchev–Trinajstić information content (AvgIpc) is 2.90. The fraction of sp³-hybridized carbons (Fsp3) is 0.367. The zero-order chi connectivity index (χ0) is 24.8. The van der Waals surface area contributed by atoms with E-state index in [-0.39, 0.29) is 23.9 Å². The summed E-state index contributed by atoms with van der Waals surface area (Å²) in [5.41, 5.74) is 6.10. The number of rotatable bonds is 8. The molecule has 1 aliphatic heterocycles. The first-order valence-corrected chi connectivity index (χ1v) is 12.9. The number of aryl methyl sites for hydroxylation is 1. The third kappa shape index (κ3) is 5.71. The predicted molar refractivity (Wildman–Crippen MR) is 146 cm³/mol. The molecule has 1 saturated heterocycles. The molecule has 0 spiro atoms. The van der Waals surface area contributed by atoms with Crippen LogP contribution in [0.15, 0.2) is 72.8 Å². The van der Waals surface area contributed by atoms with E-state index < -0.39 is 0 Å². The number of nitrogens with zero attached hydrogens (tertiary/aromatic N) is 1. The van der Waals surface area contributed by atoms with Gasteiger partial charge in [-0.3, -0.25) is 10.1 Å². The van der Waals surface area contributed by atoms with Gasteiger partial charge in [0.1, 0.15) is 0 Å². The van der Waals surface area contributed by atoms with E-state index in [1.54, 1.807) is 0 Å². The first-order chi connectivity index (χ1) is 16.9. The van der Waals surface area contributed by atoms with Crippen molar-refractivity contribution in [1.29, 1.82) is 0 Å². The number of nitrogens with one attached hydrogen (secondary N) is 2. The number of hydrogen-bond donors (Lipinski definition) is 2. The predicted octanol–water partition coefficient (Wildman–Crippen LogP) is 6.20. The first kappa shape index (κ1) is 25.3. The summed E-state index contributed by atoms with van der Waals surface area (Å²) >= 11 is 6.36. The van der Waals surface area contributed by atoms with Gasteiger partial charge in [0, 0.05) is 30.8 Å². The van der Waals surface area contributed by atoms with E-state index in [1.807, 2.05) is 48.3 Å². The number of amides is 1. The number of hydrogen-bond acceptors (Lipinski definition) is 3. The maximum Gasteiger partial charge on any atom is 0.236 e. The molecule has 5 heteroatoms. The average molecular weight is 490 g/mol. The summed E-state index contributed by atoms with van der Waals surface area (Å²) in [6.07, 6.45) is 3.00. The molecule has 1 fully saturated rings. The summed E-state index contributed by atoms with van der Waals surface area (Å²) < 4.78 is 0. The molecule has 0 aliphatic carbocycles. The van der Waals surface area contributed by atoms with Crippen molar-refractivity contribution in [3.05, 3.63) is 100 Å². The summed E-state index contributed by atoms with van der Waals surface area (Å²) in [7, 11) is 1.90. The molecule has 0 aromatic heterocycles. The molecule has 0 bridgehead atoms. The molecule has 3 aromatic rings. The Labute approximate surface area is 214 Å². The van der Waals surface area contributed by atoms with Crippen molar-refractivity contribution < 1.29 is 4.79 Å². The summed E-state index contributed by atoms with van der Waals surface area (Å²) in [5, 5.41) is 7.47. The smallest absolute Gasteiger partial charge is 0.236 e. The highest BCUT2D eigenvalue weighted by Gasteiger charge is 2.34. The first-order valence-electron chi connectivity index (χ1n) is 12.6. The van der Waals surface area contributed by atoms with Gasteiger partial charge >= 0.3 is 0 Å². The van der Waals surface area contributed by atoms with Crippen LogP contribution in [-0.4, -0.2) is 37.5 Å². The number of piperidine rings is 1. The lowest BCUT2D eigenvalue weighted by molar-refractivity contribution is -0.131. The van der Waals surface area contributed by atoms with E-state index >= 15 is 0 Å². The number of anilines is 1. The quantitative estimate of drug-likeness (QED) is 0.395. The highest BCUT2D eigenvalue weighted by molar-refractivity contribution is 6.30. The number of carbonyl (C=O) groups excluding carboxylic acids is 1. The topological polar surface area (TPSA) is 44.4 Å². The zero-order valence-electron chi connectivity index (χ0n) is 21.0. The Morgan fingerprint density at radius 1 is 1.03 bits per heavy atom. The van der Waals surface area contributed by atoms with E-state index in [0.29, 0.717) is 5.02 Å². The Hall–Kier alpha value is -2.82. The minimum atomic E-state index is -0.146. The maximum absolute atomic E-state index is 13.3. The zero-order valence-corrected chi connectivity index (χ0v) is 21.7. The van der Waals surface area contributed by atoms with Crippen LogP contribution < -0.4 is 10.6 Å². The number of likely N-dealkylation sites (tertiary alicyclic amines) is 1. The molecule has 0 saturated carbocycles. The maximum atomic E-state index is 13.3. The molecular formula is C30H36ClN3O. The minimum absolute atomic E-state index is 0.117. The van der Waals surface area contributed by atoms with Gasteiger partial charge in [0.05, 0.1) is 12.6 Å². The normalized spacial score (nSPS) is 16.1. The van der Waals surface area contributed by atoms with Gasteiger partial charge in [-0.05, 0) is 65.1 Å². The molecule has 4 rings (SSSR count). The third-order valence-corrected chi connectivity index (χ3v) is 7.69. The van der Waals surface area contributed by atoms with Crippen LogP contribution in [0.25, 0.3) is 0 Å². The highest BCUT2D eigenvalue weighted by Crippen LogP contribution is 2.37. The SMILES string of the molecule is CCc1ccccc1C1(C)CCN(C(=O)CNC(c2ccccc2)c2cc(Cl)ccc2NC)CC1. The van der Waals surface area contributed by atoms with Crippen molar-refractivity contribution >= 4 is 23.2 Å². The summed E-state index contributed by atoms with van der Waals surface area (Å²) in [6.45, 7) is 6.41. The fourth-order valence-corrected chi connectivity index (χ4v) is 5.47. The van der Waals surface area contributed by atoms with E-state index in [2.05, 4.69) is 60.9 Å². The Bertz CT molecular complexity index is 1140. The van der Waals surface area contributed by atoms with Crippen LogP contribution in [0, 0.1) is 0 Å². The molecule has 3 aromatic carbocycles. The second-order valence-electron chi connectivity index (χ2n) is 9.66. The van der Waals surface area contributed by atoms with Crippen LogP contribution in [0.5, 0.6) is 0 Å². The number of benzene rings is 3. The lowest BCUT2D eigenvalue weighted by Gasteiger charge is -2.41. The van der Waals surface area contributed by atoms with Gasteiger partial charge in [-0.25, -0.2) is 0 Å². The van der Waals surface area contributed by atoms with Gasteiger partial charge in [0.15, 0.2) is 0 Å². The summed E-state index contributed by atoms with van der Waals surface area (Å²) in [5.74, 6) is 0.143. The Morgan fingerprint density at radius 3 is 2.40 bits per heavy atom. The molecule has 1 unspecified atom stereocenters. The van der Waals surface area contributed by atoms with Gasteiger partial charge < -0.3 is 10.2 Å². The van der Waals surface area contributed by atoms with Gasteiger partial charge in [-0.2, -0.15) is 0 Å². The number of carbonyl (C=O) groups is 1. The number of halogens is 1. The Balaban J connectivity index is 1.46. The van der Waals surface area contributed by atoms with Crippen molar-refractivity contribution in [2.45, 2.75) is 44.6 Å². The molecule has 1 heterocycles. The van der Waals surface area contributed by atoms with Gasteiger partial charge in [-0.1, -0.05) is 80.0 Å². The van der Waals surface area contributed by atoms with E-state index in [1.165, 1.54) is 11.1 Å². The van der Waals surface area contributed by atoms with Crippen molar-refractivity contribution in [3.8, 4) is 0 Å². The molecular weight excluding hydrogens is 454 g/mol. The molecule has 4 nitrogen and oxygen atoms in total. The highest BCUT2D eigenvalue weighted by atomic mass is 35.5. The second kappa shape index (κ2) is 11.3. The standard InChI is InChI=1S/C30H36ClN3O/c1-4-22-10-8-9-13-26(22)30(2)16-18-34(19-17-30)28(35)21-33-29(23-11-6-5-7-12-23)25-20-24(31)14-15-27(25)32-3/h5-15,20,29,32-33H,4,16-19,21H2,1-3H3. The van der Waals surface area contributed by atoms with Crippen LogP contribution in [0.2, 0.25) is 5.02 Å². The molecule has 35 heavy (non-hydrogen) atoms. The Morgan fingerprint density at radius 2 is 1.71 bits per heavy atom. The largest absolute Gasteiger partial charge is 0.388 e. The van der Waals surface area contributed by atoms with Gasteiger partial charge in [0.25, 0.3) is 0 Å². The minimum Gasteiger partial charge on any atom is -0.388 e. The van der Waals surface area contributed by atoms with E-state index in [4.69, 9.17) is 11.6 Å². The molecule has 2 N–H and O–H groups in total. The van der Waals surface area contributed by atoms with Crippen LogP contribution in [0.1, 0.15) is 55.0 Å². The third-order valence-electron chi connectivity index (χ3n) is 7.45. The lowest BCUT2D eigenvalue weighted by Crippen LogP contribution is -2.47. The van der Waals surface area contributed by atoms with Crippen LogP contribution in [-0.2, 0) is 16.6 Å². The van der Waals surface area contributed by atoms with Crippen molar-refractivity contribution in [1.82, 2.24) is 10.2 Å². The Kier molecular flexibility index (Phi) is 8.15. The molecule has 1 amide bonds. The summed E-state index contributed by atoms with van der Waals surface area (Å²) in [6, 6.07) is 24.7. The van der Waals surface area contributed by atoms with Crippen molar-refractivity contribution in [2.24, 2.45) is 0 Å². The molecule has 1 atom stereocenters. The van der Waals surface area contributed by atoms with Crippen LogP contribution in [0.3, 0.4) is 0 Å². The second-order valence-corrected chi connectivity index (χ2v) is 10.1. The summed E-state index contributed by atoms with van der Waals surface area (Å²) in [4.78, 5) is 15.3. The fourth-order valence-electron chi connectivity index (χ4n) is 5.29. The van der Waals surface area contributed by atoms with E-state index in [9.17, 15) is 4.79 Å². The molecule has 1 aliphatic rings. The molecule has 0 radical (unpaired) electrons. The van der Waals surface area contributed by atoms with Crippen LogP contribution in [0.4, 0.5) is 5.69 Å². The van der Waals surface area contributed by atoms with Gasteiger partial charge in [0.2, 0.25) is 5.91 Å². The van der Waals surface area contributed by atoms with Crippen molar-refractivity contribution in [3.63, 3.8) is 0 Å². The monoisotopic (exact) mass is 489 g/mol. The lowest BCUT2D eigenvalue weighted by atomic mass is 9.72. The van der Waals surface area contributed by atoms with Gasteiger partial charge in [-0.15, -0.1) is 0 Å². The van der Waals surface area contributed by atoms with Crippen LogP contribution >= 0.6 is 11.6 Å². The van der Waals surface area contributed by atoms with Crippen molar-refractivity contribution in [2.75, 3.05) is 32.0 Å². The van der Waals surface area contributed by atoms with E-state index in [0.717, 1.165) is 49.2 Å². The molecule has 184 valence electrons.